The van der Waals surface area contributed by atoms with Crippen LogP contribution in [0.5, 0.6) is 0 Å². The zero-order chi connectivity index (χ0) is 13.7. The summed E-state index contributed by atoms with van der Waals surface area (Å²) in [6.07, 6.45) is 4.04. The van der Waals surface area contributed by atoms with E-state index >= 15 is 0 Å². The molecule has 2 rings (SSSR count). The van der Waals surface area contributed by atoms with Crippen molar-refractivity contribution in [3.8, 4) is 0 Å². The van der Waals surface area contributed by atoms with E-state index in [-0.39, 0.29) is 12.0 Å². The second-order valence-corrected chi connectivity index (χ2v) is 5.40. The lowest BCUT2D eigenvalue weighted by Crippen LogP contribution is -2.33. The molecule has 102 valence electrons. The zero-order valence-electron chi connectivity index (χ0n) is 10.3. The molecular formula is C13H15NO4S. The summed E-state index contributed by atoms with van der Waals surface area (Å²) >= 11 is 1.45. The third-order valence-corrected chi connectivity index (χ3v) is 3.78. The molecule has 19 heavy (non-hydrogen) atoms. The molecule has 2 heterocycles. The molecule has 0 aromatic carbocycles. The van der Waals surface area contributed by atoms with E-state index in [1.165, 1.54) is 11.3 Å². The van der Waals surface area contributed by atoms with Crippen molar-refractivity contribution >= 4 is 29.3 Å². The van der Waals surface area contributed by atoms with Gasteiger partial charge in [-0.15, -0.1) is 11.3 Å². The minimum Gasteiger partial charge on any atom is -0.478 e. The maximum atomic E-state index is 11.7. The number of hydrogen-bond donors (Lipinski definition) is 2. The van der Waals surface area contributed by atoms with Gasteiger partial charge in [-0.2, -0.15) is 0 Å². The Morgan fingerprint density at radius 1 is 1.53 bits per heavy atom. The molecule has 1 aliphatic rings. The monoisotopic (exact) mass is 281 g/mol. The molecule has 2 N–H and O–H groups in total. The topological polar surface area (TPSA) is 75.6 Å². The average Bonchev–Trinajstić information content (AvgIpc) is 3.04. The number of thiophene rings is 1. The first kappa shape index (κ1) is 13.8. The van der Waals surface area contributed by atoms with Crippen molar-refractivity contribution < 1.29 is 19.4 Å². The van der Waals surface area contributed by atoms with E-state index in [1.807, 2.05) is 12.1 Å². The number of carboxylic acid groups (broad SMARTS) is 1. The van der Waals surface area contributed by atoms with Gasteiger partial charge in [0.2, 0.25) is 5.91 Å². The fraction of sp³-hybridized carbons (Fsp3) is 0.385. The number of carbonyl (C=O) groups excluding carboxylic acids is 1. The molecule has 1 unspecified atom stereocenters. The molecule has 1 aromatic rings. The number of hydrogen-bond acceptors (Lipinski definition) is 4. The maximum absolute atomic E-state index is 11.7. The minimum atomic E-state index is -0.971. The number of aliphatic carboxylic acids is 1. The largest absolute Gasteiger partial charge is 0.478 e. The van der Waals surface area contributed by atoms with Crippen LogP contribution in [0.15, 0.2) is 18.2 Å². The standard InChI is InChI=1S/C13H15NO4S/c15-12(16)6-5-9-3-4-10(19-9)8-14-13(17)11-2-1-7-18-11/h3-6,11H,1-2,7-8H2,(H,14,17)(H,15,16). The van der Waals surface area contributed by atoms with Gasteiger partial charge in [0.15, 0.2) is 0 Å². The molecule has 1 aliphatic heterocycles. The summed E-state index contributed by atoms with van der Waals surface area (Å²) in [5, 5.41) is 11.4. The number of carboxylic acids is 1. The molecule has 1 amide bonds. The Morgan fingerprint density at radius 2 is 2.37 bits per heavy atom. The lowest BCUT2D eigenvalue weighted by atomic mass is 10.2. The first-order valence-corrected chi connectivity index (χ1v) is 6.86. The van der Waals surface area contributed by atoms with E-state index in [9.17, 15) is 9.59 Å². The normalized spacial score (nSPS) is 18.8. The van der Waals surface area contributed by atoms with E-state index in [4.69, 9.17) is 9.84 Å². The number of amides is 1. The summed E-state index contributed by atoms with van der Waals surface area (Å²) in [6, 6.07) is 3.71. The third-order valence-electron chi connectivity index (χ3n) is 2.73. The van der Waals surface area contributed by atoms with Crippen molar-refractivity contribution in [2.45, 2.75) is 25.5 Å². The quantitative estimate of drug-likeness (QED) is 0.805. The highest BCUT2D eigenvalue weighted by Crippen LogP contribution is 2.18. The van der Waals surface area contributed by atoms with Crippen LogP contribution >= 0.6 is 11.3 Å². The van der Waals surface area contributed by atoms with Crippen molar-refractivity contribution in [2.75, 3.05) is 6.61 Å². The van der Waals surface area contributed by atoms with Gasteiger partial charge in [-0.1, -0.05) is 0 Å². The Hall–Kier alpha value is -1.66. The summed E-state index contributed by atoms with van der Waals surface area (Å²) < 4.78 is 5.29. The predicted molar refractivity (Wildman–Crippen MR) is 71.8 cm³/mol. The van der Waals surface area contributed by atoms with Crippen LogP contribution < -0.4 is 5.32 Å². The van der Waals surface area contributed by atoms with E-state index in [0.717, 1.165) is 28.7 Å². The van der Waals surface area contributed by atoms with Crippen molar-refractivity contribution in [2.24, 2.45) is 0 Å². The van der Waals surface area contributed by atoms with Gasteiger partial charge >= 0.3 is 5.97 Å². The molecule has 1 aromatic heterocycles. The van der Waals surface area contributed by atoms with Crippen molar-refractivity contribution in [3.05, 3.63) is 28.0 Å². The lowest BCUT2D eigenvalue weighted by molar-refractivity contribution is -0.131. The smallest absolute Gasteiger partial charge is 0.328 e. The molecule has 0 saturated carbocycles. The number of nitrogens with one attached hydrogen (secondary N) is 1. The fourth-order valence-electron chi connectivity index (χ4n) is 1.81. The van der Waals surface area contributed by atoms with Crippen LogP contribution in [0.25, 0.3) is 6.08 Å². The van der Waals surface area contributed by atoms with Gasteiger partial charge < -0.3 is 15.2 Å². The highest BCUT2D eigenvalue weighted by atomic mass is 32.1. The van der Waals surface area contributed by atoms with E-state index < -0.39 is 5.97 Å². The summed E-state index contributed by atoms with van der Waals surface area (Å²) in [5.74, 6) is -1.05. The predicted octanol–water partition coefficient (Wildman–Crippen LogP) is 1.64. The van der Waals surface area contributed by atoms with Gasteiger partial charge in [-0.25, -0.2) is 4.79 Å². The SMILES string of the molecule is O=C(O)C=Cc1ccc(CNC(=O)C2CCCO2)s1. The maximum Gasteiger partial charge on any atom is 0.328 e. The van der Waals surface area contributed by atoms with Gasteiger partial charge in [-0.3, -0.25) is 4.79 Å². The van der Waals surface area contributed by atoms with Gasteiger partial charge in [0.1, 0.15) is 6.10 Å². The third kappa shape index (κ3) is 4.18. The van der Waals surface area contributed by atoms with Crippen LogP contribution in [0.3, 0.4) is 0 Å². The van der Waals surface area contributed by atoms with E-state index in [0.29, 0.717) is 13.2 Å². The van der Waals surface area contributed by atoms with E-state index in [1.54, 1.807) is 6.08 Å². The van der Waals surface area contributed by atoms with Gasteiger partial charge in [0.05, 0.1) is 6.54 Å². The summed E-state index contributed by atoms with van der Waals surface area (Å²) in [6.45, 7) is 1.10. The zero-order valence-corrected chi connectivity index (χ0v) is 11.1. The highest BCUT2D eigenvalue weighted by molar-refractivity contribution is 7.12. The average molecular weight is 281 g/mol. The molecule has 0 bridgehead atoms. The molecule has 5 nitrogen and oxygen atoms in total. The first-order chi connectivity index (χ1) is 9.15. The number of carbonyl (C=O) groups is 2. The molecule has 1 fully saturated rings. The Morgan fingerprint density at radius 3 is 3.05 bits per heavy atom. The number of ether oxygens (including phenoxy) is 1. The van der Waals surface area contributed by atoms with Crippen LogP contribution in [0.4, 0.5) is 0 Å². The van der Waals surface area contributed by atoms with Crippen molar-refractivity contribution in [1.82, 2.24) is 5.32 Å². The van der Waals surface area contributed by atoms with Gasteiger partial charge in [-0.05, 0) is 31.1 Å². The molecule has 1 atom stereocenters. The van der Waals surface area contributed by atoms with Gasteiger partial charge in [0.25, 0.3) is 0 Å². The Kier molecular flexibility index (Phi) is 4.70. The molecule has 0 aliphatic carbocycles. The minimum absolute atomic E-state index is 0.0754. The second-order valence-electron chi connectivity index (χ2n) is 4.20. The van der Waals surface area contributed by atoms with Crippen LogP contribution in [0, 0.1) is 0 Å². The second kappa shape index (κ2) is 6.49. The Labute approximate surface area is 114 Å². The van der Waals surface area contributed by atoms with Crippen LogP contribution in [-0.4, -0.2) is 29.7 Å². The first-order valence-electron chi connectivity index (χ1n) is 6.04. The van der Waals surface area contributed by atoms with Gasteiger partial charge in [0, 0.05) is 22.4 Å². The molecule has 0 radical (unpaired) electrons. The van der Waals surface area contributed by atoms with Crippen LogP contribution in [0.1, 0.15) is 22.6 Å². The lowest BCUT2D eigenvalue weighted by Gasteiger charge is -2.09. The summed E-state index contributed by atoms with van der Waals surface area (Å²) in [5.41, 5.74) is 0. The van der Waals surface area contributed by atoms with E-state index in [2.05, 4.69) is 5.32 Å². The van der Waals surface area contributed by atoms with Crippen molar-refractivity contribution in [3.63, 3.8) is 0 Å². The number of rotatable bonds is 5. The van der Waals surface area contributed by atoms with Crippen molar-refractivity contribution in [1.29, 1.82) is 0 Å². The highest BCUT2D eigenvalue weighted by Gasteiger charge is 2.23. The van der Waals surface area contributed by atoms with Crippen LogP contribution in [0.2, 0.25) is 0 Å². The summed E-state index contributed by atoms with van der Waals surface area (Å²) in [7, 11) is 0. The molecule has 1 saturated heterocycles. The summed E-state index contributed by atoms with van der Waals surface area (Å²) in [4.78, 5) is 23.9. The Bertz CT molecular complexity index is 489. The van der Waals surface area contributed by atoms with Crippen LogP contribution in [-0.2, 0) is 20.9 Å². The fourth-order valence-corrected chi connectivity index (χ4v) is 2.66. The molecule has 0 spiro atoms. The molecular weight excluding hydrogens is 266 g/mol. The Balaban J connectivity index is 1.82. The molecule has 6 heteroatoms.